The number of halogens is 1. The number of hydrogen-bond acceptors (Lipinski definition) is 3. The fourth-order valence-electron chi connectivity index (χ4n) is 1.50. The molecule has 1 heterocycles. The first-order valence-corrected chi connectivity index (χ1v) is 7.18. The highest BCUT2D eigenvalue weighted by molar-refractivity contribution is 7.99. The summed E-state index contributed by atoms with van der Waals surface area (Å²) < 4.78 is 1.65. The van der Waals surface area contributed by atoms with Gasteiger partial charge in [-0.15, -0.1) is 11.8 Å². The number of carbonyl (C=O) groups is 1. The largest absolute Gasteiger partial charge is 0.309 e. The van der Waals surface area contributed by atoms with Crippen LogP contribution in [0.15, 0.2) is 41.4 Å². The summed E-state index contributed by atoms with van der Waals surface area (Å²) in [5, 5.41) is 7.55. The van der Waals surface area contributed by atoms with Crippen molar-refractivity contribution in [3.8, 4) is 0 Å². The lowest BCUT2D eigenvalue weighted by Gasteiger charge is -2.04. The number of rotatable bonds is 5. The van der Waals surface area contributed by atoms with Crippen molar-refractivity contribution < 1.29 is 4.79 Å². The van der Waals surface area contributed by atoms with Gasteiger partial charge in [-0.3, -0.25) is 9.48 Å². The van der Waals surface area contributed by atoms with Crippen LogP contribution < -0.4 is 5.32 Å². The molecule has 0 fully saturated rings. The number of anilines is 1. The fraction of sp³-hybridized carbons (Fsp3) is 0.231. The zero-order valence-corrected chi connectivity index (χ0v) is 12.0. The Morgan fingerprint density at radius 2 is 2.21 bits per heavy atom. The number of hydrogen-bond donors (Lipinski definition) is 1. The average molecular weight is 296 g/mol. The van der Waals surface area contributed by atoms with Crippen molar-refractivity contribution in [1.29, 1.82) is 0 Å². The van der Waals surface area contributed by atoms with Gasteiger partial charge in [0, 0.05) is 36.4 Å². The third kappa shape index (κ3) is 4.29. The molecule has 19 heavy (non-hydrogen) atoms. The second kappa shape index (κ2) is 6.63. The monoisotopic (exact) mass is 295 g/mol. The molecule has 0 bridgehead atoms. The molecule has 4 nitrogen and oxygen atoms in total. The van der Waals surface area contributed by atoms with E-state index in [4.69, 9.17) is 11.6 Å². The molecule has 1 amide bonds. The van der Waals surface area contributed by atoms with E-state index in [-0.39, 0.29) is 5.91 Å². The Bertz CT molecular complexity index is 571. The molecule has 100 valence electrons. The second-order valence-corrected chi connectivity index (χ2v) is 5.50. The number of benzene rings is 1. The van der Waals surface area contributed by atoms with Gasteiger partial charge in [-0.05, 0) is 12.1 Å². The molecule has 0 atom stereocenters. The summed E-state index contributed by atoms with van der Waals surface area (Å²) >= 11 is 7.61. The summed E-state index contributed by atoms with van der Waals surface area (Å²) in [6.07, 6.45) is 2.21. The Morgan fingerprint density at radius 1 is 1.42 bits per heavy atom. The lowest BCUT2D eigenvalue weighted by atomic mass is 10.4. The van der Waals surface area contributed by atoms with E-state index in [0.717, 1.165) is 9.92 Å². The Morgan fingerprint density at radius 3 is 2.89 bits per heavy atom. The van der Waals surface area contributed by atoms with Gasteiger partial charge in [-0.25, -0.2) is 0 Å². The van der Waals surface area contributed by atoms with Crippen molar-refractivity contribution in [2.24, 2.45) is 7.05 Å². The molecular weight excluding hydrogens is 282 g/mol. The zero-order chi connectivity index (χ0) is 13.7. The van der Waals surface area contributed by atoms with E-state index < -0.39 is 0 Å². The molecule has 2 aromatic rings. The number of nitrogens with one attached hydrogen (secondary N) is 1. The molecule has 1 N–H and O–H groups in total. The fourth-order valence-corrected chi connectivity index (χ4v) is 2.69. The second-order valence-electron chi connectivity index (χ2n) is 3.95. The van der Waals surface area contributed by atoms with Crippen LogP contribution in [0.5, 0.6) is 0 Å². The van der Waals surface area contributed by atoms with E-state index in [2.05, 4.69) is 10.4 Å². The lowest BCUT2D eigenvalue weighted by Crippen LogP contribution is -2.12. The third-order valence-corrected chi connectivity index (χ3v) is 3.92. The summed E-state index contributed by atoms with van der Waals surface area (Å²) in [6.45, 7) is 0. The maximum Gasteiger partial charge on any atom is 0.226 e. The minimum absolute atomic E-state index is 0.0433. The van der Waals surface area contributed by atoms with Gasteiger partial charge >= 0.3 is 0 Å². The number of carbonyl (C=O) groups excluding carboxylic acids is 1. The van der Waals surface area contributed by atoms with Gasteiger partial charge in [0.15, 0.2) is 5.82 Å². The van der Waals surface area contributed by atoms with Gasteiger partial charge in [-0.2, -0.15) is 5.10 Å². The van der Waals surface area contributed by atoms with E-state index in [9.17, 15) is 4.79 Å². The van der Waals surface area contributed by atoms with Crippen LogP contribution in [0.1, 0.15) is 6.42 Å². The van der Waals surface area contributed by atoms with Crippen LogP contribution in [0.3, 0.4) is 0 Å². The van der Waals surface area contributed by atoms with Crippen LogP contribution in [-0.4, -0.2) is 21.4 Å². The zero-order valence-electron chi connectivity index (χ0n) is 10.5. The molecule has 0 saturated heterocycles. The Hall–Kier alpha value is -1.46. The number of amides is 1. The number of nitrogens with zero attached hydrogens (tertiary/aromatic N) is 2. The molecule has 0 unspecified atom stereocenters. The van der Waals surface area contributed by atoms with Gasteiger partial charge in [-0.1, -0.05) is 23.7 Å². The number of aryl methyl sites for hydroxylation is 1. The Balaban J connectivity index is 1.77. The normalized spacial score (nSPS) is 10.4. The molecule has 0 aliphatic heterocycles. The van der Waals surface area contributed by atoms with Gasteiger partial charge in [0.2, 0.25) is 5.91 Å². The minimum atomic E-state index is -0.0433. The Kier molecular flexibility index (Phi) is 4.87. The molecule has 6 heteroatoms. The summed E-state index contributed by atoms with van der Waals surface area (Å²) in [5.41, 5.74) is 0. The van der Waals surface area contributed by atoms with Gasteiger partial charge in [0.1, 0.15) is 0 Å². The number of thioether (sulfide) groups is 1. The molecular formula is C13H14ClN3OS. The van der Waals surface area contributed by atoms with Crippen LogP contribution in [0.25, 0.3) is 0 Å². The lowest BCUT2D eigenvalue weighted by molar-refractivity contribution is -0.115. The molecule has 2 rings (SSSR count). The maximum absolute atomic E-state index is 11.7. The summed E-state index contributed by atoms with van der Waals surface area (Å²) in [5.74, 6) is 1.22. The summed E-state index contributed by atoms with van der Waals surface area (Å²) in [4.78, 5) is 12.7. The smallest absolute Gasteiger partial charge is 0.226 e. The van der Waals surface area contributed by atoms with Crippen LogP contribution in [-0.2, 0) is 11.8 Å². The van der Waals surface area contributed by atoms with E-state index in [1.165, 1.54) is 0 Å². The predicted molar refractivity (Wildman–Crippen MR) is 78.6 cm³/mol. The van der Waals surface area contributed by atoms with E-state index in [1.54, 1.807) is 28.7 Å². The van der Waals surface area contributed by atoms with Crippen LogP contribution >= 0.6 is 23.4 Å². The quantitative estimate of drug-likeness (QED) is 0.862. The van der Waals surface area contributed by atoms with Crippen molar-refractivity contribution in [1.82, 2.24) is 9.78 Å². The highest BCUT2D eigenvalue weighted by atomic mass is 35.5. The minimum Gasteiger partial charge on any atom is -0.309 e. The average Bonchev–Trinajstić information content (AvgIpc) is 2.77. The standard InChI is InChI=1S/C13H14ClN3OS/c1-17-8-6-12(16-17)15-13(18)7-9-19-11-5-3-2-4-10(11)14/h2-6,8H,7,9H2,1H3,(H,15,16,18). The van der Waals surface area contributed by atoms with Crippen molar-refractivity contribution >= 4 is 35.1 Å². The van der Waals surface area contributed by atoms with Crippen molar-refractivity contribution in [2.45, 2.75) is 11.3 Å². The van der Waals surface area contributed by atoms with Crippen LogP contribution in [0, 0.1) is 0 Å². The highest BCUT2D eigenvalue weighted by Crippen LogP contribution is 2.26. The van der Waals surface area contributed by atoms with Crippen LogP contribution in [0.4, 0.5) is 5.82 Å². The first-order valence-electron chi connectivity index (χ1n) is 5.82. The van der Waals surface area contributed by atoms with E-state index in [0.29, 0.717) is 18.0 Å². The summed E-state index contributed by atoms with van der Waals surface area (Å²) in [6, 6.07) is 9.38. The first-order chi connectivity index (χ1) is 9.15. The van der Waals surface area contributed by atoms with Gasteiger partial charge in [0.25, 0.3) is 0 Å². The SMILES string of the molecule is Cn1ccc(NC(=O)CCSc2ccccc2Cl)n1. The van der Waals surface area contributed by atoms with Crippen LogP contribution in [0.2, 0.25) is 5.02 Å². The number of aromatic nitrogens is 2. The van der Waals surface area contributed by atoms with Crippen molar-refractivity contribution in [3.63, 3.8) is 0 Å². The topological polar surface area (TPSA) is 46.9 Å². The third-order valence-electron chi connectivity index (χ3n) is 2.40. The first kappa shape index (κ1) is 14.0. The van der Waals surface area contributed by atoms with Crippen molar-refractivity contribution in [3.05, 3.63) is 41.6 Å². The van der Waals surface area contributed by atoms with E-state index in [1.807, 2.05) is 31.3 Å². The van der Waals surface area contributed by atoms with E-state index >= 15 is 0 Å². The molecule has 0 saturated carbocycles. The Labute approximate surface area is 121 Å². The predicted octanol–water partition coefficient (Wildman–Crippen LogP) is 3.19. The highest BCUT2D eigenvalue weighted by Gasteiger charge is 2.06. The summed E-state index contributed by atoms with van der Waals surface area (Å²) in [7, 11) is 1.81. The molecule has 0 radical (unpaired) electrons. The molecule has 1 aromatic carbocycles. The molecule has 0 aliphatic rings. The van der Waals surface area contributed by atoms with Gasteiger partial charge in [0.05, 0.1) is 5.02 Å². The van der Waals surface area contributed by atoms with Crippen molar-refractivity contribution in [2.75, 3.05) is 11.1 Å². The molecule has 0 aliphatic carbocycles. The maximum atomic E-state index is 11.7. The molecule has 0 spiro atoms. The van der Waals surface area contributed by atoms with Gasteiger partial charge < -0.3 is 5.32 Å². The molecule has 1 aromatic heterocycles.